The number of fused-ring (bicyclic) bond motifs is 7. The average molecular weight is 944 g/mol. The summed E-state index contributed by atoms with van der Waals surface area (Å²) in [7, 11) is 1.47. The third kappa shape index (κ3) is 8.82. The molecule has 4 heterocycles. The lowest BCUT2D eigenvalue weighted by atomic mass is 9.62. The second kappa shape index (κ2) is 20.6. The van der Waals surface area contributed by atoms with Crippen molar-refractivity contribution in [1.29, 1.82) is 0 Å². The topological polar surface area (TPSA) is 158 Å². The van der Waals surface area contributed by atoms with Gasteiger partial charge < -0.3 is 47.4 Å². The number of carbonyl (C=O) groups excluding carboxylic acids is 1. The van der Waals surface area contributed by atoms with Crippen molar-refractivity contribution in [2.24, 2.45) is 5.11 Å². The van der Waals surface area contributed by atoms with E-state index in [0.29, 0.717) is 12.2 Å². The van der Waals surface area contributed by atoms with Gasteiger partial charge in [-0.15, -0.1) is 0 Å². The van der Waals surface area contributed by atoms with Crippen molar-refractivity contribution in [3.05, 3.63) is 225 Å². The highest BCUT2D eigenvalue weighted by Gasteiger charge is 2.65. The van der Waals surface area contributed by atoms with Crippen molar-refractivity contribution in [1.82, 2.24) is 0 Å². The van der Waals surface area contributed by atoms with E-state index in [4.69, 9.17) is 47.4 Å². The minimum absolute atomic E-state index is 0.156. The smallest absolute Gasteiger partial charge is 0.338 e. The van der Waals surface area contributed by atoms with Crippen LogP contribution in [0.5, 0.6) is 0 Å². The zero-order valence-electron chi connectivity index (χ0n) is 38.5. The van der Waals surface area contributed by atoms with Crippen LogP contribution in [0.2, 0.25) is 0 Å². The van der Waals surface area contributed by atoms with E-state index >= 15 is 0 Å². The number of benzene rings is 6. The van der Waals surface area contributed by atoms with Gasteiger partial charge in [0, 0.05) is 17.6 Å². The summed E-state index contributed by atoms with van der Waals surface area (Å²) in [6, 6.07) is 53.8. The predicted molar refractivity (Wildman–Crippen MR) is 254 cm³/mol. The Morgan fingerprint density at radius 1 is 0.671 bits per heavy atom. The molecular weight excluding hydrogens is 891 g/mol. The molecule has 4 saturated heterocycles. The predicted octanol–water partition coefficient (Wildman–Crippen LogP) is 9.12. The van der Waals surface area contributed by atoms with E-state index in [1.165, 1.54) is 7.11 Å². The van der Waals surface area contributed by atoms with E-state index in [-0.39, 0.29) is 26.4 Å². The molecule has 6 aromatic carbocycles. The van der Waals surface area contributed by atoms with Crippen molar-refractivity contribution < 1.29 is 52.2 Å². The van der Waals surface area contributed by atoms with Gasteiger partial charge in [0.05, 0.1) is 37.4 Å². The molecule has 0 radical (unpaired) electrons. The SMILES string of the molecule is CO[C@H]1O[C@H](COC(=O)c2ccccc2)[C@@H](OC2c3ccccc3C3(CO[C@@H]4[C@@H](OCc5ccccc5)[C@@H]5O[C@H](c6ccccc6)OC[C@H]5O[C@@H]43)c3ccccc32)[C@H](OCc2ccccc2)[C@H]1N=[N+]=[N-]. The quantitative estimate of drug-likeness (QED) is 0.0444. The number of hydrogen-bond donors (Lipinski definition) is 0. The Balaban J connectivity index is 0.969. The lowest BCUT2D eigenvalue weighted by molar-refractivity contribution is -0.331. The molecule has 6 aromatic rings. The molecule has 0 saturated carbocycles. The Morgan fingerprint density at radius 2 is 1.26 bits per heavy atom. The molecule has 11 atom stereocenters. The van der Waals surface area contributed by atoms with Gasteiger partial charge in [0.1, 0.15) is 67.6 Å². The van der Waals surface area contributed by atoms with Gasteiger partial charge >= 0.3 is 5.97 Å². The molecule has 0 bridgehead atoms. The van der Waals surface area contributed by atoms with E-state index in [9.17, 15) is 10.3 Å². The van der Waals surface area contributed by atoms with Crippen molar-refractivity contribution in [2.45, 2.75) is 92.2 Å². The summed E-state index contributed by atoms with van der Waals surface area (Å²) < 4.78 is 67.1. The molecule has 358 valence electrons. The standard InChI is InChI=1S/C56H53N3O11/c1-61-55-45(58-59-57)49(62-30-35-18-6-2-7-19-35)47(44(68-55)32-64-53(60)37-22-10-4-11-23-37)69-46-39-26-14-16-28-41(39)56(42-29-17-15-27-40(42)46)34-66-51-50(63-31-36-20-8-3-9-21-36)48-43(67-52(51)56)33-65-54(70-48)38-24-12-5-13-25-38/h2-29,43-52,54-55H,30-34H2,1H3/t43-,44-,45-,46?,47-,48-,49-,50+,51-,52+,54-,55+,56?/m1/s1. The maximum absolute atomic E-state index is 13.5. The largest absolute Gasteiger partial charge is 0.459 e. The van der Waals surface area contributed by atoms with Crippen molar-refractivity contribution in [2.75, 3.05) is 26.9 Å². The van der Waals surface area contributed by atoms with E-state index < -0.39 is 84.9 Å². The maximum Gasteiger partial charge on any atom is 0.338 e. The molecule has 4 fully saturated rings. The third-order valence-electron chi connectivity index (χ3n) is 14.1. The first-order chi connectivity index (χ1) is 34.5. The molecule has 5 aliphatic rings. The number of carbonyl (C=O) groups is 1. The van der Waals surface area contributed by atoms with Crippen LogP contribution >= 0.6 is 0 Å². The monoisotopic (exact) mass is 943 g/mol. The molecule has 0 N–H and O–H groups in total. The number of hydrogen-bond acceptors (Lipinski definition) is 12. The molecule has 0 amide bonds. The average Bonchev–Trinajstić information content (AvgIpc) is 3.80. The highest BCUT2D eigenvalue weighted by molar-refractivity contribution is 5.89. The first-order valence-corrected chi connectivity index (χ1v) is 23.7. The normalized spacial score (nSPS) is 30.8. The Hall–Kier alpha value is -6.26. The van der Waals surface area contributed by atoms with E-state index in [0.717, 1.165) is 38.9 Å². The van der Waals surface area contributed by atoms with Gasteiger partial charge in [0.25, 0.3) is 0 Å². The molecule has 70 heavy (non-hydrogen) atoms. The minimum Gasteiger partial charge on any atom is -0.459 e. The fourth-order valence-electron chi connectivity index (χ4n) is 10.9. The van der Waals surface area contributed by atoms with E-state index in [1.54, 1.807) is 24.3 Å². The summed E-state index contributed by atoms with van der Waals surface area (Å²) in [5.74, 6) is -0.535. The molecule has 1 spiro atoms. The molecule has 11 rings (SSSR count). The molecule has 14 heteroatoms. The number of nitrogens with zero attached hydrogens (tertiary/aromatic N) is 3. The third-order valence-corrected chi connectivity index (χ3v) is 14.1. The van der Waals surface area contributed by atoms with Crippen molar-refractivity contribution in [3.8, 4) is 0 Å². The van der Waals surface area contributed by atoms with Crippen LogP contribution in [0.3, 0.4) is 0 Å². The van der Waals surface area contributed by atoms with E-state index in [1.807, 2.05) is 121 Å². The van der Waals surface area contributed by atoms with Gasteiger partial charge in [-0.2, -0.15) is 0 Å². The van der Waals surface area contributed by atoms with Gasteiger partial charge in [-0.05, 0) is 51.0 Å². The molecule has 14 nitrogen and oxygen atoms in total. The first-order valence-electron chi connectivity index (χ1n) is 23.7. The Labute approximate surface area is 405 Å². The maximum atomic E-state index is 13.5. The molecular formula is C56H53N3O11. The number of rotatable bonds is 14. The zero-order valence-corrected chi connectivity index (χ0v) is 38.5. The first kappa shape index (κ1) is 46.1. The van der Waals surface area contributed by atoms with Crippen LogP contribution in [0.4, 0.5) is 0 Å². The van der Waals surface area contributed by atoms with Crippen LogP contribution in [0.15, 0.2) is 175 Å². The summed E-state index contributed by atoms with van der Waals surface area (Å²) >= 11 is 0. The highest BCUT2D eigenvalue weighted by Crippen LogP contribution is 2.57. The van der Waals surface area contributed by atoms with Gasteiger partial charge in [0.2, 0.25) is 0 Å². The van der Waals surface area contributed by atoms with Crippen LogP contribution in [-0.4, -0.2) is 94.1 Å². The lowest BCUT2D eigenvalue weighted by Gasteiger charge is -2.52. The molecule has 0 unspecified atom stereocenters. The van der Waals surface area contributed by atoms with Gasteiger partial charge in [-0.3, -0.25) is 0 Å². The zero-order chi connectivity index (χ0) is 47.4. The Morgan fingerprint density at radius 3 is 1.89 bits per heavy atom. The summed E-state index contributed by atoms with van der Waals surface area (Å²) in [5, 5.41) is 4.19. The van der Waals surface area contributed by atoms with Crippen molar-refractivity contribution in [3.63, 3.8) is 0 Å². The summed E-state index contributed by atoms with van der Waals surface area (Å²) in [4.78, 5) is 16.7. The fourth-order valence-corrected chi connectivity index (χ4v) is 10.9. The Bertz CT molecular complexity index is 2720. The van der Waals surface area contributed by atoms with Gasteiger partial charge in [-0.25, -0.2) is 4.79 Å². The minimum atomic E-state index is -1.06. The number of methoxy groups -OCH3 is 1. The Kier molecular flexibility index (Phi) is 13.6. The van der Waals surface area contributed by atoms with Crippen LogP contribution in [-0.2, 0) is 66.0 Å². The fraction of sp³-hybridized carbons (Fsp3) is 0.339. The highest BCUT2D eigenvalue weighted by atomic mass is 16.7. The summed E-state index contributed by atoms with van der Waals surface area (Å²) in [5.41, 5.74) is 16.0. The van der Waals surface area contributed by atoms with Gasteiger partial charge in [0.15, 0.2) is 12.6 Å². The second-order valence-corrected chi connectivity index (χ2v) is 18.1. The number of esters is 1. The van der Waals surface area contributed by atoms with Crippen LogP contribution in [0.1, 0.15) is 61.7 Å². The van der Waals surface area contributed by atoms with E-state index in [2.05, 4.69) is 34.3 Å². The summed E-state index contributed by atoms with van der Waals surface area (Å²) in [6.45, 7) is 0.834. The summed E-state index contributed by atoms with van der Waals surface area (Å²) in [6.07, 6.45) is -7.83. The molecule has 1 aliphatic carbocycles. The van der Waals surface area contributed by atoms with Gasteiger partial charge in [-0.1, -0.05) is 163 Å². The number of azide groups is 1. The molecule has 4 aliphatic heterocycles. The van der Waals surface area contributed by atoms with Crippen LogP contribution in [0.25, 0.3) is 10.4 Å². The van der Waals surface area contributed by atoms with Crippen LogP contribution < -0.4 is 0 Å². The number of ether oxygens (including phenoxy) is 10. The second-order valence-electron chi connectivity index (χ2n) is 18.1. The molecule has 0 aromatic heterocycles. The van der Waals surface area contributed by atoms with Crippen LogP contribution in [0, 0.1) is 0 Å². The lowest BCUT2D eigenvalue weighted by Crippen LogP contribution is -2.64. The van der Waals surface area contributed by atoms with Crippen molar-refractivity contribution >= 4 is 5.97 Å².